The molecule has 102 valence electrons. The molecule has 0 heterocycles. The number of aliphatic hydroxyl groups is 2. The molecule has 0 spiro atoms. The number of benzene rings is 1. The number of hydrogen-bond donors (Lipinski definition) is 2. The lowest BCUT2D eigenvalue weighted by atomic mass is 9.83. The molecule has 18 heavy (non-hydrogen) atoms. The largest absolute Gasteiger partial charge is 0.496 e. The van der Waals surface area contributed by atoms with Crippen molar-refractivity contribution in [3.63, 3.8) is 0 Å². The molecule has 0 amide bonds. The van der Waals surface area contributed by atoms with Crippen LogP contribution in [0.1, 0.15) is 32.4 Å². The zero-order chi connectivity index (χ0) is 13.9. The van der Waals surface area contributed by atoms with Crippen LogP contribution in [-0.4, -0.2) is 30.5 Å². The maximum atomic E-state index is 10.3. The van der Waals surface area contributed by atoms with E-state index in [-0.39, 0.29) is 0 Å². The number of hydrogen-bond acceptors (Lipinski definition) is 4. The van der Waals surface area contributed by atoms with Crippen LogP contribution >= 0.6 is 0 Å². The maximum absolute atomic E-state index is 10.3. The Morgan fingerprint density at radius 1 is 1.00 bits per heavy atom. The van der Waals surface area contributed by atoms with Gasteiger partial charge in [-0.05, 0) is 17.5 Å². The van der Waals surface area contributed by atoms with E-state index in [4.69, 9.17) is 9.47 Å². The second-order valence-electron chi connectivity index (χ2n) is 5.33. The molecule has 1 aromatic rings. The first-order valence-corrected chi connectivity index (χ1v) is 5.90. The lowest BCUT2D eigenvalue weighted by Crippen LogP contribution is -2.32. The van der Waals surface area contributed by atoms with Crippen molar-refractivity contribution in [3.05, 3.63) is 23.8 Å². The molecule has 4 nitrogen and oxygen atoms in total. The van der Waals surface area contributed by atoms with Gasteiger partial charge < -0.3 is 19.7 Å². The topological polar surface area (TPSA) is 58.9 Å². The summed E-state index contributed by atoms with van der Waals surface area (Å²) in [6.07, 6.45) is -1.97. The van der Waals surface area contributed by atoms with Crippen LogP contribution in [0.2, 0.25) is 0 Å². The summed E-state index contributed by atoms with van der Waals surface area (Å²) in [4.78, 5) is 0. The van der Waals surface area contributed by atoms with Gasteiger partial charge in [-0.25, -0.2) is 0 Å². The molecule has 0 saturated carbocycles. The fourth-order valence-electron chi connectivity index (χ4n) is 1.80. The number of methoxy groups -OCH3 is 2. The minimum absolute atomic E-state index is 0.439. The number of aliphatic hydroxyl groups excluding tert-OH is 2. The Kier molecular flexibility index (Phi) is 4.59. The van der Waals surface area contributed by atoms with Gasteiger partial charge in [-0.1, -0.05) is 26.8 Å². The van der Waals surface area contributed by atoms with Crippen LogP contribution in [-0.2, 0) is 0 Å². The molecule has 0 bridgehead atoms. The molecular weight excluding hydrogens is 232 g/mol. The van der Waals surface area contributed by atoms with E-state index in [2.05, 4.69) is 0 Å². The van der Waals surface area contributed by atoms with Crippen LogP contribution in [0.5, 0.6) is 11.5 Å². The summed E-state index contributed by atoms with van der Waals surface area (Å²) in [7, 11) is 3.04. The minimum Gasteiger partial charge on any atom is -0.496 e. The number of rotatable bonds is 4. The smallest absolute Gasteiger partial charge is 0.128 e. The van der Waals surface area contributed by atoms with Crippen molar-refractivity contribution in [3.8, 4) is 11.5 Å². The molecule has 0 fully saturated rings. The monoisotopic (exact) mass is 254 g/mol. The SMILES string of the molecule is COc1cccc(OC)c1C(O)C(O)C(C)(C)C. The van der Waals surface area contributed by atoms with Gasteiger partial charge in [0.1, 0.15) is 17.6 Å². The summed E-state index contributed by atoms with van der Waals surface area (Å²) >= 11 is 0. The fourth-order valence-corrected chi connectivity index (χ4v) is 1.80. The lowest BCUT2D eigenvalue weighted by Gasteiger charge is -2.31. The van der Waals surface area contributed by atoms with Gasteiger partial charge in [-0.2, -0.15) is 0 Å². The molecule has 4 heteroatoms. The van der Waals surface area contributed by atoms with Gasteiger partial charge >= 0.3 is 0 Å². The molecule has 2 unspecified atom stereocenters. The highest BCUT2D eigenvalue weighted by atomic mass is 16.5. The summed E-state index contributed by atoms with van der Waals surface area (Å²) in [6.45, 7) is 5.59. The zero-order valence-electron chi connectivity index (χ0n) is 11.6. The van der Waals surface area contributed by atoms with E-state index < -0.39 is 17.6 Å². The fraction of sp³-hybridized carbons (Fsp3) is 0.571. The summed E-state index contributed by atoms with van der Waals surface area (Å²) in [5, 5.41) is 20.5. The summed E-state index contributed by atoms with van der Waals surface area (Å²) < 4.78 is 10.4. The van der Waals surface area contributed by atoms with Crippen LogP contribution in [0, 0.1) is 5.41 Å². The van der Waals surface area contributed by atoms with Crippen LogP contribution in [0.15, 0.2) is 18.2 Å². The third-order valence-electron chi connectivity index (χ3n) is 2.95. The first-order valence-electron chi connectivity index (χ1n) is 5.90. The molecule has 1 aromatic carbocycles. The maximum Gasteiger partial charge on any atom is 0.128 e. The van der Waals surface area contributed by atoms with Crippen LogP contribution in [0.25, 0.3) is 0 Å². The highest BCUT2D eigenvalue weighted by Gasteiger charge is 2.33. The van der Waals surface area contributed by atoms with E-state index in [1.807, 2.05) is 20.8 Å². The molecule has 0 aromatic heterocycles. The Labute approximate surface area is 108 Å². The molecule has 1 rings (SSSR count). The molecule has 2 atom stereocenters. The van der Waals surface area contributed by atoms with Gasteiger partial charge in [0.15, 0.2) is 0 Å². The van der Waals surface area contributed by atoms with Crippen molar-refractivity contribution in [2.75, 3.05) is 14.2 Å². The second-order valence-corrected chi connectivity index (χ2v) is 5.33. The van der Waals surface area contributed by atoms with Crippen molar-refractivity contribution < 1.29 is 19.7 Å². The Bertz CT molecular complexity index is 373. The molecular formula is C14H22O4. The van der Waals surface area contributed by atoms with E-state index in [0.29, 0.717) is 17.1 Å². The molecule has 0 radical (unpaired) electrons. The van der Waals surface area contributed by atoms with Crippen LogP contribution < -0.4 is 9.47 Å². The Morgan fingerprint density at radius 2 is 1.44 bits per heavy atom. The van der Waals surface area contributed by atoms with E-state index in [0.717, 1.165) is 0 Å². The predicted molar refractivity (Wildman–Crippen MR) is 70.0 cm³/mol. The van der Waals surface area contributed by atoms with E-state index in [1.165, 1.54) is 14.2 Å². The molecule has 2 N–H and O–H groups in total. The van der Waals surface area contributed by atoms with Gasteiger partial charge in [0.25, 0.3) is 0 Å². The van der Waals surface area contributed by atoms with Crippen molar-refractivity contribution in [1.29, 1.82) is 0 Å². The average Bonchev–Trinajstić information content (AvgIpc) is 2.34. The Morgan fingerprint density at radius 3 is 1.78 bits per heavy atom. The van der Waals surface area contributed by atoms with Gasteiger partial charge in [0.05, 0.1) is 25.9 Å². The van der Waals surface area contributed by atoms with E-state index >= 15 is 0 Å². The minimum atomic E-state index is -1.06. The highest BCUT2D eigenvalue weighted by Crippen LogP contribution is 2.39. The Balaban J connectivity index is 3.22. The molecule has 0 aliphatic rings. The number of ether oxygens (including phenoxy) is 2. The van der Waals surface area contributed by atoms with Crippen LogP contribution in [0.4, 0.5) is 0 Å². The van der Waals surface area contributed by atoms with Gasteiger partial charge in [0.2, 0.25) is 0 Å². The molecule has 0 aliphatic carbocycles. The third-order valence-corrected chi connectivity index (χ3v) is 2.95. The zero-order valence-corrected chi connectivity index (χ0v) is 11.6. The quantitative estimate of drug-likeness (QED) is 0.864. The van der Waals surface area contributed by atoms with Gasteiger partial charge in [0, 0.05) is 0 Å². The van der Waals surface area contributed by atoms with E-state index in [9.17, 15) is 10.2 Å². The normalized spacial score (nSPS) is 15.1. The molecule has 0 saturated heterocycles. The van der Waals surface area contributed by atoms with Crippen molar-refractivity contribution in [1.82, 2.24) is 0 Å². The van der Waals surface area contributed by atoms with Gasteiger partial charge in [-0.3, -0.25) is 0 Å². The molecule has 0 aliphatic heterocycles. The van der Waals surface area contributed by atoms with Crippen molar-refractivity contribution >= 4 is 0 Å². The summed E-state index contributed by atoms with van der Waals surface area (Å²) in [5.41, 5.74) is 0.0376. The summed E-state index contributed by atoms with van der Waals surface area (Å²) in [6, 6.07) is 5.24. The third kappa shape index (κ3) is 2.94. The van der Waals surface area contributed by atoms with Crippen molar-refractivity contribution in [2.45, 2.75) is 33.0 Å². The van der Waals surface area contributed by atoms with E-state index in [1.54, 1.807) is 18.2 Å². The first-order chi connectivity index (χ1) is 8.32. The first kappa shape index (κ1) is 14.8. The predicted octanol–water partition coefficient (Wildman–Crippen LogP) is 2.14. The highest BCUT2D eigenvalue weighted by molar-refractivity contribution is 5.46. The van der Waals surface area contributed by atoms with Crippen LogP contribution in [0.3, 0.4) is 0 Å². The lowest BCUT2D eigenvalue weighted by molar-refractivity contribution is -0.0474. The van der Waals surface area contributed by atoms with Crippen molar-refractivity contribution in [2.24, 2.45) is 5.41 Å². The van der Waals surface area contributed by atoms with Gasteiger partial charge in [-0.15, -0.1) is 0 Å². The average molecular weight is 254 g/mol. The Hall–Kier alpha value is -1.26. The second kappa shape index (κ2) is 5.59. The summed E-state index contributed by atoms with van der Waals surface area (Å²) in [5.74, 6) is 1.01. The standard InChI is InChI=1S/C14H22O4/c1-14(2,3)13(16)12(15)11-9(17-4)7-6-8-10(11)18-5/h6-8,12-13,15-16H,1-5H3.